The second-order valence-electron chi connectivity index (χ2n) is 33.6. The standard InChI is InChI=1S/C72H100N17O39P7S7/c1-10-38-39(11-52(115-38)83-18-31(2)59(73)76-66(83)94)123-130(102,137)109-26-49-43(15-56(119-49)87-22-35(6)63(91)80-70(87)98)126-134(106,141)113-29-51-45(17-58(121-51)89-24-37(8)65(93)82-72(89)100)128-135(107,142)114-30-50-44(16-57(120-50)88-23-36(7)64(92)81-71(88)99)127-133(105,140)112-28-48-42(14-54(118-48)85-20-33(4)61(75)78-68(85)96)125-132(104,139)111-27-47-41(13-53(117-47)84-19-32(3)60(74)77-67(84)95)124-131(103,138)110-25-46-40(122-129(101,136)108-9)12-55(116-46)86-21-34(5)62(90)79-69(86)97/h18-24,38-58H,10-17,25-30H2,1-9H3,(H,101,136)(H,102,137)(H,103,138)(H,104,139)(H,105,140)(H,106,141)(H,107,142)(H2,73,76,94)(H2,74,77,95)(H2,75,78,96)(H,79,90,97)(H,80,91,98)(H,81,92,99)(H,82,93,100)/t38-,39-,40-,41-,42-,43-,44-,45-,46-,47-,48-,49-,50-,51-,52-,53-,54-,55-,56-,57-,58-,129?,130?,131?,132?,133?,134?,135?/m1/s1. The van der Waals surface area contributed by atoms with Crippen LogP contribution in [0.25, 0.3) is 0 Å². The molecular weight excluding hydrogens is 2170 g/mol. The Morgan fingerprint density at radius 2 is 0.472 bits per heavy atom. The molecule has 0 radical (unpaired) electrons. The first-order valence-electron chi connectivity index (χ1n) is 42.8. The summed E-state index contributed by atoms with van der Waals surface area (Å²) in [5, 5.41) is 0. The van der Waals surface area contributed by atoms with E-state index in [1.54, 1.807) is 20.8 Å². The van der Waals surface area contributed by atoms with Crippen molar-refractivity contribution < 1.29 is 131 Å². The lowest BCUT2D eigenvalue weighted by Gasteiger charge is -2.29. The number of nitrogens with one attached hydrogen (secondary N) is 4. The summed E-state index contributed by atoms with van der Waals surface area (Å²) in [6.07, 6.45) is -21.0. The van der Waals surface area contributed by atoms with Gasteiger partial charge in [-0.25, -0.2) is 33.6 Å². The van der Waals surface area contributed by atoms with Gasteiger partial charge in [0.05, 0.1) is 88.5 Å². The van der Waals surface area contributed by atoms with Crippen molar-refractivity contribution in [2.24, 2.45) is 0 Å². The Labute approximate surface area is 836 Å². The molecule has 784 valence electrons. The van der Waals surface area contributed by atoms with Crippen LogP contribution in [0, 0.1) is 48.5 Å². The van der Waals surface area contributed by atoms with Gasteiger partial charge >= 0.3 is 86.9 Å². The van der Waals surface area contributed by atoms with Crippen LogP contribution in [0.5, 0.6) is 0 Å². The molecule has 0 bridgehead atoms. The van der Waals surface area contributed by atoms with Crippen molar-refractivity contribution in [1.82, 2.24) is 66.9 Å². The van der Waals surface area contributed by atoms with Crippen molar-refractivity contribution in [3.05, 3.63) is 197 Å². The summed E-state index contributed by atoms with van der Waals surface area (Å²) in [4.78, 5) is 247. The molecular formula is C72H100N17O39P7S7. The van der Waals surface area contributed by atoms with E-state index in [0.29, 0.717) is 23.1 Å². The molecule has 14 rings (SSSR count). The summed E-state index contributed by atoms with van der Waals surface area (Å²) in [5.74, 6) is -0.247. The minimum absolute atomic E-state index is 0.0116. The van der Waals surface area contributed by atoms with E-state index < -0.39 is 297 Å². The number of H-pyrrole nitrogens is 4. The lowest BCUT2D eigenvalue weighted by atomic mass is 10.1. The number of nitrogens with zero attached hydrogens (tertiary/aromatic N) is 10. The molecule has 14 heterocycles. The molecule has 0 spiro atoms. The minimum Gasteiger partial charge on any atom is -0.383 e. The van der Waals surface area contributed by atoms with Crippen molar-refractivity contribution in [1.29, 1.82) is 0 Å². The lowest BCUT2D eigenvalue weighted by Crippen LogP contribution is -2.33. The van der Waals surface area contributed by atoms with Gasteiger partial charge in [0.1, 0.15) is 97.7 Å². The highest BCUT2D eigenvalue weighted by atomic mass is 32.5. The summed E-state index contributed by atoms with van der Waals surface area (Å²) >= 11 is 38.6. The number of ether oxygens (including phenoxy) is 7. The van der Waals surface area contributed by atoms with Crippen LogP contribution in [0.15, 0.2) is 96.1 Å². The van der Waals surface area contributed by atoms with E-state index >= 15 is 0 Å². The number of anilines is 3. The van der Waals surface area contributed by atoms with E-state index in [-0.39, 0.29) is 65.4 Å². The third-order valence-electron chi connectivity index (χ3n) is 23.5. The first-order chi connectivity index (χ1) is 66.4. The maximum atomic E-state index is 13.6. The topological polar surface area (TPSA) is 738 Å². The second kappa shape index (κ2) is 45.2. The fourth-order valence-corrected chi connectivity index (χ4v) is 26.0. The van der Waals surface area contributed by atoms with Crippen molar-refractivity contribution in [2.45, 2.75) is 236 Å². The fourth-order valence-electron chi connectivity index (χ4n) is 16.1. The summed E-state index contributed by atoms with van der Waals surface area (Å²) in [5.41, 5.74) is 9.97. The minimum atomic E-state index is -4.79. The summed E-state index contributed by atoms with van der Waals surface area (Å²) in [7, 11) is 1.09. The monoisotopic (exact) mass is 2270 g/mol. The van der Waals surface area contributed by atoms with Gasteiger partial charge in [-0.1, -0.05) is 6.92 Å². The van der Waals surface area contributed by atoms with Gasteiger partial charge in [-0.2, -0.15) is 15.0 Å². The van der Waals surface area contributed by atoms with E-state index in [0.717, 1.165) is 46.9 Å². The van der Waals surface area contributed by atoms with Crippen LogP contribution in [0.3, 0.4) is 0 Å². The molecule has 17 N–H and O–H groups in total. The molecule has 7 saturated heterocycles. The SMILES string of the molecule is CC[C@H]1O[C@@H](n2cc(C)c(N)nc2=O)C[C@H]1OP(O)(=S)OC[C@H]1O[C@@H](n2cc(C)c(=O)[nH]c2=O)C[C@H]1OP(O)(=S)OC[C@H]1O[C@@H](n2cc(C)c(=O)[nH]c2=O)C[C@H]1OP(O)(=S)OC[C@H]1O[C@@H](n2cc(C)c(=O)[nH]c2=O)C[C@H]1OP(O)(=S)OC[C@H]1O[C@@H](n2cc(C)c(N)nc2=O)C[C@H]1OP(O)(=S)OC[C@H]1O[C@@H](n2cc(C)c(N)nc2=O)C[C@H]1OP(O)(=S)OC[C@H]1O[C@@H](n2cc(C)c(=O)[nH]c2=O)C[C@H]1OP(O)(=S)OC. The van der Waals surface area contributed by atoms with Gasteiger partial charge in [0.15, 0.2) is 0 Å². The summed E-state index contributed by atoms with van der Waals surface area (Å²) < 4.78 is 134. The summed E-state index contributed by atoms with van der Waals surface area (Å²) in [6.45, 7) is -24.5. The van der Waals surface area contributed by atoms with Crippen LogP contribution in [0.2, 0.25) is 0 Å². The number of rotatable bonds is 41. The van der Waals surface area contributed by atoms with Crippen molar-refractivity contribution in [2.75, 3.05) is 64.0 Å². The number of aromatic amines is 4. The van der Waals surface area contributed by atoms with Gasteiger partial charge in [0, 0.05) is 134 Å². The highest BCUT2D eigenvalue weighted by molar-refractivity contribution is 8.09. The first-order valence-corrected chi connectivity index (χ1v) is 61.0. The number of aromatic nitrogens is 14. The Hall–Kier alpha value is -5.81. The molecule has 7 aromatic rings. The van der Waals surface area contributed by atoms with Crippen molar-refractivity contribution in [3.63, 3.8) is 0 Å². The molecule has 7 aliphatic heterocycles. The summed E-state index contributed by atoms with van der Waals surface area (Å²) in [6, 6.07) is 0. The van der Waals surface area contributed by atoms with Crippen molar-refractivity contribution >= 4 is 147 Å². The number of hydrogen-bond donors (Lipinski definition) is 14. The fraction of sp³-hybridized carbons (Fsp3) is 0.611. The van der Waals surface area contributed by atoms with Gasteiger partial charge in [-0.3, -0.25) is 71.1 Å². The average Bonchev–Trinajstić information content (AvgIpc) is 1.58. The Kier molecular flexibility index (Phi) is 35.6. The van der Waals surface area contributed by atoms with Crippen LogP contribution in [0.4, 0.5) is 17.5 Å². The molecule has 7 aliphatic rings. The van der Waals surface area contributed by atoms with Crippen LogP contribution >= 0.6 is 47.0 Å². The smallest absolute Gasteiger partial charge is 0.351 e. The molecule has 7 fully saturated rings. The largest absolute Gasteiger partial charge is 0.383 e. The second-order valence-corrected chi connectivity index (χ2v) is 53.3. The molecule has 0 amide bonds. The predicted molar refractivity (Wildman–Crippen MR) is 520 cm³/mol. The third-order valence-corrected chi connectivity index (χ3v) is 34.7. The Morgan fingerprint density at radius 1 is 0.303 bits per heavy atom. The highest BCUT2D eigenvalue weighted by Gasteiger charge is 2.52. The highest BCUT2D eigenvalue weighted by Crippen LogP contribution is 2.59. The Morgan fingerprint density at radius 3 is 0.662 bits per heavy atom. The normalized spacial score (nSPS) is 29.8. The van der Waals surface area contributed by atoms with Gasteiger partial charge in [-0.15, -0.1) is 0 Å². The molecule has 142 heavy (non-hydrogen) atoms. The molecule has 7 unspecified atom stereocenters. The maximum Gasteiger partial charge on any atom is 0.351 e. The van der Waals surface area contributed by atoms with Crippen LogP contribution in [-0.2, 0) is 179 Å². The number of nitrogens with two attached hydrogens (primary N) is 3. The van der Waals surface area contributed by atoms with E-state index in [1.165, 1.54) is 70.2 Å². The van der Waals surface area contributed by atoms with Gasteiger partial charge in [-0.05, 0) is 138 Å². The third kappa shape index (κ3) is 27.5. The van der Waals surface area contributed by atoms with E-state index in [9.17, 15) is 87.0 Å². The molecule has 7 aromatic heterocycles. The van der Waals surface area contributed by atoms with Crippen molar-refractivity contribution in [3.8, 4) is 0 Å². The van der Waals surface area contributed by atoms with E-state index in [4.69, 9.17) is 196 Å². The molecule has 0 aromatic carbocycles. The molecule has 56 nitrogen and oxygen atoms in total. The molecule has 28 atom stereocenters. The molecule has 70 heteroatoms. The Balaban J connectivity index is 0.665. The lowest BCUT2D eigenvalue weighted by molar-refractivity contribution is -0.0583. The van der Waals surface area contributed by atoms with Gasteiger partial charge < -0.3 is 148 Å². The average molecular weight is 2270 g/mol. The predicted octanol–water partition coefficient (Wildman–Crippen LogP) is 0.246. The zero-order valence-corrected chi connectivity index (χ0v) is 87.9. The Bertz CT molecular complexity index is 7030. The van der Waals surface area contributed by atoms with Crippen LogP contribution in [0.1, 0.15) is 141 Å². The van der Waals surface area contributed by atoms with Gasteiger partial charge in [0.25, 0.3) is 22.2 Å². The maximum absolute atomic E-state index is 13.6. The van der Waals surface area contributed by atoms with Crippen LogP contribution < -0.4 is 79.3 Å². The van der Waals surface area contributed by atoms with E-state index in [1.807, 2.05) is 0 Å². The number of nitrogen functional groups attached to an aromatic ring is 3. The van der Waals surface area contributed by atoms with Gasteiger partial charge in [0.2, 0.25) is 0 Å². The van der Waals surface area contributed by atoms with Crippen LogP contribution in [-0.4, -0.2) is 233 Å². The zero-order chi connectivity index (χ0) is 103. The quantitative estimate of drug-likeness (QED) is 0.0228. The number of hydrogen-bond acceptors (Lipinski definition) is 45. The molecule has 0 aliphatic carbocycles. The zero-order valence-electron chi connectivity index (χ0n) is 76.0. The molecule has 0 saturated carbocycles. The first kappa shape index (κ1) is 112. The number of aryl methyl sites for hydroxylation is 7. The van der Waals surface area contributed by atoms with E-state index in [2.05, 4.69) is 34.9 Å².